The van der Waals surface area contributed by atoms with E-state index in [0.29, 0.717) is 5.56 Å². The number of hydrogen-bond acceptors (Lipinski definition) is 4. The van der Waals surface area contributed by atoms with Crippen molar-refractivity contribution in [2.24, 2.45) is 0 Å². The first-order chi connectivity index (χ1) is 11.3. The van der Waals surface area contributed by atoms with Crippen LogP contribution in [0, 0.1) is 19.7 Å². The first-order valence-corrected chi connectivity index (χ1v) is 8.44. The van der Waals surface area contributed by atoms with E-state index in [4.69, 9.17) is 0 Å². The monoisotopic (exact) mass is 382 g/mol. The van der Waals surface area contributed by atoms with Gasteiger partial charge in [0.2, 0.25) is 0 Å². The standard InChI is InChI=1S/C15H14F4O5S/c1-8-5-11(9(2)12(16)6-8)14(13(20)21)4-3-10(7-14)24-25(22,23)15(17,18)19/h5-7H,3-4H2,1-2H3,(H,20,21). The zero-order valence-corrected chi connectivity index (χ0v) is 14.0. The van der Waals surface area contributed by atoms with Crippen molar-refractivity contribution in [1.82, 2.24) is 0 Å². The Labute approximate surface area is 141 Å². The van der Waals surface area contributed by atoms with Gasteiger partial charge in [-0.2, -0.15) is 21.6 Å². The first-order valence-electron chi connectivity index (χ1n) is 7.03. The number of benzene rings is 1. The van der Waals surface area contributed by atoms with E-state index < -0.39 is 38.6 Å². The molecule has 1 aliphatic rings. The lowest BCUT2D eigenvalue weighted by atomic mass is 9.77. The van der Waals surface area contributed by atoms with Gasteiger partial charge in [-0.15, -0.1) is 0 Å². The van der Waals surface area contributed by atoms with Crippen LogP contribution in [0.25, 0.3) is 0 Å². The number of hydrogen-bond donors (Lipinski definition) is 1. The van der Waals surface area contributed by atoms with Gasteiger partial charge < -0.3 is 9.29 Å². The summed E-state index contributed by atoms with van der Waals surface area (Å²) in [5.41, 5.74) is -7.02. The van der Waals surface area contributed by atoms with Crippen LogP contribution >= 0.6 is 0 Å². The van der Waals surface area contributed by atoms with Crippen LogP contribution in [0.5, 0.6) is 0 Å². The minimum atomic E-state index is -5.90. The maximum Gasteiger partial charge on any atom is 0.534 e. The number of halogens is 4. The first kappa shape index (κ1) is 19.2. The Hall–Kier alpha value is -2.10. The molecular formula is C15H14F4O5S. The second-order valence-electron chi connectivity index (χ2n) is 5.79. The third-order valence-electron chi connectivity index (χ3n) is 4.02. The van der Waals surface area contributed by atoms with Crippen LogP contribution in [0.15, 0.2) is 24.0 Å². The van der Waals surface area contributed by atoms with Gasteiger partial charge in [0.1, 0.15) is 17.0 Å². The maximum absolute atomic E-state index is 14.0. The fourth-order valence-electron chi connectivity index (χ4n) is 2.77. The number of aliphatic carboxylic acids is 1. The number of carboxylic acids is 1. The summed E-state index contributed by atoms with van der Waals surface area (Å²) >= 11 is 0. The van der Waals surface area contributed by atoms with Gasteiger partial charge in [-0.05, 0) is 49.1 Å². The van der Waals surface area contributed by atoms with Crippen molar-refractivity contribution < 1.29 is 40.1 Å². The topological polar surface area (TPSA) is 80.7 Å². The molecule has 0 spiro atoms. The summed E-state index contributed by atoms with van der Waals surface area (Å²) < 4.78 is 77.5. The Kier molecular flexibility index (Phi) is 4.62. The molecule has 0 saturated heterocycles. The molecule has 0 heterocycles. The van der Waals surface area contributed by atoms with Crippen LogP contribution in [-0.2, 0) is 24.5 Å². The van der Waals surface area contributed by atoms with Crippen molar-refractivity contribution >= 4 is 16.1 Å². The molecule has 10 heteroatoms. The van der Waals surface area contributed by atoms with E-state index in [1.807, 2.05) is 0 Å². The lowest BCUT2D eigenvalue weighted by Crippen LogP contribution is -2.33. The minimum absolute atomic E-state index is 0.0178. The predicted molar refractivity (Wildman–Crippen MR) is 78.6 cm³/mol. The normalized spacial score (nSPS) is 21.1. The zero-order valence-electron chi connectivity index (χ0n) is 13.1. The largest absolute Gasteiger partial charge is 0.534 e. The fourth-order valence-corrected chi connectivity index (χ4v) is 3.28. The van der Waals surface area contributed by atoms with Crippen LogP contribution in [-0.4, -0.2) is 25.0 Å². The molecule has 0 bridgehead atoms. The van der Waals surface area contributed by atoms with Crippen molar-refractivity contribution in [3.8, 4) is 0 Å². The lowest BCUT2D eigenvalue weighted by Gasteiger charge is -2.25. The second-order valence-corrected chi connectivity index (χ2v) is 7.33. The van der Waals surface area contributed by atoms with Crippen LogP contribution in [0.2, 0.25) is 0 Å². The summed E-state index contributed by atoms with van der Waals surface area (Å²) in [5, 5.41) is 9.61. The average Bonchev–Trinajstić information content (AvgIpc) is 2.86. The van der Waals surface area contributed by atoms with E-state index >= 15 is 0 Å². The molecule has 1 atom stereocenters. The quantitative estimate of drug-likeness (QED) is 0.491. The van der Waals surface area contributed by atoms with Gasteiger partial charge in [0.05, 0.1) is 0 Å². The van der Waals surface area contributed by atoms with Crippen molar-refractivity contribution in [2.45, 2.75) is 37.6 Å². The Balaban J connectivity index is 2.55. The molecule has 0 aromatic heterocycles. The summed E-state index contributed by atoms with van der Waals surface area (Å²) in [6.45, 7) is 2.87. The van der Waals surface area contributed by atoms with Gasteiger partial charge in [0.15, 0.2) is 0 Å². The maximum atomic E-state index is 14.0. The van der Waals surface area contributed by atoms with E-state index in [2.05, 4.69) is 4.18 Å². The minimum Gasteiger partial charge on any atom is -0.480 e. The van der Waals surface area contributed by atoms with E-state index in [1.54, 1.807) is 0 Å². The zero-order chi connectivity index (χ0) is 19.2. The Morgan fingerprint density at radius 2 is 1.88 bits per heavy atom. The van der Waals surface area contributed by atoms with Crippen molar-refractivity contribution in [3.63, 3.8) is 0 Å². The highest BCUT2D eigenvalue weighted by Gasteiger charge is 2.51. The number of aryl methyl sites for hydroxylation is 1. The molecule has 1 aliphatic carbocycles. The number of carboxylic acid groups (broad SMARTS) is 1. The summed E-state index contributed by atoms with van der Waals surface area (Å²) in [7, 11) is -5.90. The van der Waals surface area contributed by atoms with Crippen LogP contribution < -0.4 is 0 Å². The number of rotatable bonds is 4. The van der Waals surface area contributed by atoms with Crippen molar-refractivity contribution in [3.05, 3.63) is 46.5 Å². The average molecular weight is 382 g/mol. The molecule has 0 radical (unpaired) electrons. The molecule has 5 nitrogen and oxygen atoms in total. The second kappa shape index (κ2) is 6.01. The molecule has 0 saturated carbocycles. The Bertz CT molecular complexity index is 857. The molecule has 25 heavy (non-hydrogen) atoms. The SMILES string of the molecule is Cc1cc(F)c(C)c(C2(C(=O)O)C=C(OS(=O)(=O)C(F)(F)F)CC2)c1. The third kappa shape index (κ3) is 3.35. The van der Waals surface area contributed by atoms with E-state index in [9.17, 15) is 35.9 Å². The van der Waals surface area contributed by atoms with Gasteiger partial charge >= 0.3 is 21.6 Å². The smallest absolute Gasteiger partial charge is 0.480 e. The molecule has 1 N–H and O–H groups in total. The molecule has 0 aliphatic heterocycles. The van der Waals surface area contributed by atoms with Gasteiger partial charge in [0, 0.05) is 6.42 Å². The molecule has 2 rings (SSSR count). The van der Waals surface area contributed by atoms with E-state index in [0.717, 1.165) is 6.08 Å². The Morgan fingerprint density at radius 1 is 1.28 bits per heavy atom. The van der Waals surface area contributed by atoms with Gasteiger partial charge in [-0.1, -0.05) is 6.07 Å². The predicted octanol–water partition coefficient (Wildman–Crippen LogP) is 3.31. The summed E-state index contributed by atoms with van der Waals surface area (Å²) in [4.78, 5) is 11.8. The fraction of sp³-hybridized carbons (Fsp3) is 0.400. The van der Waals surface area contributed by atoms with Crippen LogP contribution in [0.4, 0.5) is 17.6 Å². The van der Waals surface area contributed by atoms with Crippen LogP contribution in [0.3, 0.4) is 0 Å². The highest BCUT2D eigenvalue weighted by atomic mass is 32.2. The van der Waals surface area contributed by atoms with Gasteiger partial charge in [-0.3, -0.25) is 4.79 Å². The lowest BCUT2D eigenvalue weighted by molar-refractivity contribution is -0.141. The molecule has 1 aromatic carbocycles. The molecule has 1 aromatic rings. The summed E-state index contributed by atoms with van der Waals surface area (Å²) in [5.74, 6) is -2.74. The van der Waals surface area contributed by atoms with Crippen molar-refractivity contribution in [2.75, 3.05) is 0 Å². The third-order valence-corrected chi connectivity index (χ3v) is 5.02. The summed E-state index contributed by atoms with van der Waals surface area (Å²) in [6, 6.07) is 2.60. The van der Waals surface area contributed by atoms with Gasteiger partial charge in [-0.25, -0.2) is 4.39 Å². The molecule has 0 fully saturated rings. The molecular weight excluding hydrogens is 368 g/mol. The van der Waals surface area contributed by atoms with Crippen LogP contribution in [0.1, 0.15) is 29.5 Å². The van der Waals surface area contributed by atoms with E-state index in [1.165, 1.54) is 26.0 Å². The Morgan fingerprint density at radius 3 is 2.40 bits per heavy atom. The number of alkyl halides is 3. The van der Waals surface area contributed by atoms with E-state index in [-0.39, 0.29) is 24.0 Å². The summed E-state index contributed by atoms with van der Waals surface area (Å²) in [6.07, 6.45) is 0.200. The van der Waals surface area contributed by atoms with Crippen molar-refractivity contribution in [1.29, 1.82) is 0 Å². The highest BCUT2D eigenvalue weighted by Crippen LogP contribution is 2.43. The van der Waals surface area contributed by atoms with Gasteiger partial charge in [0.25, 0.3) is 0 Å². The molecule has 0 amide bonds. The number of allylic oxidation sites excluding steroid dienone is 1. The molecule has 1 unspecified atom stereocenters. The molecule has 138 valence electrons. The highest BCUT2D eigenvalue weighted by molar-refractivity contribution is 7.87. The number of carbonyl (C=O) groups is 1.